The second-order valence-electron chi connectivity index (χ2n) is 8.88. The molecule has 4 heterocycles. The number of rotatable bonds is 4. The van der Waals surface area contributed by atoms with E-state index in [2.05, 4.69) is 0 Å². The largest absolute Gasteiger partial charge is 0.497 e. The number of carbonyl (C=O) groups is 2. The zero-order valence-corrected chi connectivity index (χ0v) is 18.5. The molecule has 6 rings (SSSR count). The molecule has 5 atom stereocenters. The number of amides is 1. The van der Waals surface area contributed by atoms with E-state index in [1.807, 2.05) is 0 Å². The van der Waals surface area contributed by atoms with E-state index in [0.717, 1.165) is 0 Å². The van der Waals surface area contributed by atoms with Crippen LogP contribution in [0.4, 0.5) is 0 Å². The summed E-state index contributed by atoms with van der Waals surface area (Å²) in [5.74, 6) is 0.261. The van der Waals surface area contributed by atoms with Gasteiger partial charge in [0.05, 0.1) is 20.3 Å². The predicted octanol–water partition coefficient (Wildman–Crippen LogP) is 0.711. The third-order valence-corrected chi connectivity index (χ3v) is 7.44. The number of aliphatic hydroxyl groups excluding tert-OH is 2. The molecular weight excluding hydrogens is 446 g/mol. The van der Waals surface area contributed by atoms with Gasteiger partial charge < -0.3 is 38.8 Å². The van der Waals surface area contributed by atoms with Crippen LogP contribution in [0.2, 0.25) is 0 Å². The number of ether oxygens (including phenoxy) is 5. The maximum atomic E-state index is 14.0. The van der Waals surface area contributed by atoms with Crippen molar-refractivity contribution < 1.29 is 43.5 Å². The molecule has 10 nitrogen and oxygen atoms in total. The van der Waals surface area contributed by atoms with Gasteiger partial charge in [0.15, 0.2) is 17.2 Å². The van der Waals surface area contributed by atoms with E-state index in [1.165, 1.54) is 12.0 Å². The van der Waals surface area contributed by atoms with Gasteiger partial charge in [-0.3, -0.25) is 9.59 Å². The molecule has 34 heavy (non-hydrogen) atoms. The van der Waals surface area contributed by atoms with Gasteiger partial charge in [-0.15, -0.1) is 0 Å². The van der Waals surface area contributed by atoms with Crippen LogP contribution in [-0.4, -0.2) is 72.0 Å². The van der Waals surface area contributed by atoms with Crippen molar-refractivity contribution in [3.63, 3.8) is 0 Å². The Bertz CT molecular complexity index is 1200. The number of hydrogen-bond acceptors (Lipinski definition) is 9. The minimum absolute atomic E-state index is 0.00591. The van der Waals surface area contributed by atoms with Gasteiger partial charge in [0.1, 0.15) is 23.4 Å². The number of aliphatic hydroxyl groups is 2. The number of fused-ring (bicyclic) bond motifs is 4. The van der Waals surface area contributed by atoms with Gasteiger partial charge in [0.2, 0.25) is 6.79 Å². The second kappa shape index (κ2) is 7.08. The van der Waals surface area contributed by atoms with Crippen molar-refractivity contribution in [1.29, 1.82) is 0 Å². The summed E-state index contributed by atoms with van der Waals surface area (Å²) < 4.78 is 27.6. The minimum Gasteiger partial charge on any atom is -0.497 e. The first-order valence-corrected chi connectivity index (χ1v) is 10.9. The molecule has 2 bridgehead atoms. The standard InChI is InChI=1S/C24H23NO9/c1-30-13-5-3-12(4-6-13)10-25-21(28)14-7-16-17(33-11-32-16)8-15(14)23(22(29)31-2)9-18-19(26)20(27)24(23,25)34-18/h3-8,18-20,26-27H,9-11H2,1-2H3/t18-,19-,20-,23-,24-/m1/s1. The number of benzene rings is 2. The van der Waals surface area contributed by atoms with E-state index in [4.69, 9.17) is 23.7 Å². The Hall–Kier alpha value is -3.34. The van der Waals surface area contributed by atoms with E-state index in [0.29, 0.717) is 28.4 Å². The SMILES string of the molecule is COC(=O)[C@]12C[C@H]3O[C@@]1([C@H](O)[C@@H]3O)N(Cc1ccc(OC)cc1)C(=O)c1cc3c(cc12)OCO3. The Kier molecular flexibility index (Phi) is 4.42. The van der Waals surface area contributed by atoms with Gasteiger partial charge >= 0.3 is 5.97 Å². The van der Waals surface area contributed by atoms with Gasteiger partial charge in [-0.2, -0.15) is 0 Å². The summed E-state index contributed by atoms with van der Waals surface area (Å²) in [5, 5.41) is 22.0. The summed E-state index contributed by atoms with van der Waals surface area (Å²) in [6.45, 7) is -0.00916. The van der Waals surface area contributed by atoms with Crippen LogP contribution < -0.4 is 14.2 Å². The summed E-state index contributed by atoms with van der Waals surface area (Å²) in [7, 11) is 2.80. The van der Waals surface area contributed by atoms with Crippen molar-refractivity contribution in [2.24, 2.45) is 0 Å². The topological polar surface area (TPSA) is 124 Å². The third-order valence-electron chi connectivity index (χ3n) is 7.44. The fourth-order valence-corrected chi connectivity index (χ4v) is 5.91. The average molecular weight is 469 g/mol. The average Bonchev–Trinajstić information content (AvgIpc) is 3.53. The van der Waals surface area contributed by atoms with Crippen LogP contribution >= 0.6 is 0 Å². The molecule has 2 fully saturated rings. The highest BCUT2D eigenvalue weighted by Gasteiger charge is 2.80. The molecule has 2 aromatic rings. The van der Waals surface area contributed by atoms with Crippen LogP contribution in [0.25, 0.3) is 0 Å². The van der Waals surface area contributed by atoms with Crippen molar-refractivity contribution in [1.82, 2.24) is 4.90 Å². The molecular formula is C24H23NO9. The van der Waals surface area contributed by atoms with Gasteiger partial charge in [-0.05, 0) is 35.4 Å². The normalized spacial score (nSPS) is 32.4. The van der Waals surface area contributed by atoms with Gasteiger partial charge in [0, 0.05) is 18.5 Å². The van der Waals surface area contributed by atoms with E-state index >= 15 is 0 Å². The lowest BCUT2D eigenvalue weighted by Crippen LogP contribution is -2.74. The number of hydrogen-bond donors (Lipinski definition) is 2. The molecule has 1 spiro atoms. The third kappa shape index (κ3) is 2.40. The van der Waals surface area contributed by atoms with E-state index < -0.39 is 41.3 Å². The molecule has 0 aliphatic carbocycles. The first-order chi connectivity index (χ1) is 16.4. The van der Waals surface area contributed by atoms with Crippen LogP contribution in [0.5, 0.6) is 17.2 Å². The summed E-state index contributed by atoms with van der Waals surface area (Å²) in [6, 6.07) is 10.2. The molecule has 2 saturated heterocycles. The molecule has 2 N–H and O–H groups in total. The first kappa shape index (κ1) is 21.2. The summed E-state index contributed by atoms with van der Waals surface area (Å²) in [4.78, 5) is 28.8. The monoisotopic (exact) mass is 469 g/mol. The zero-order chi connectivity index (χ0) is 23.8. The van der Waals surface area contributed by atoms with Crippen molar-refractivity contribution in [3.05, 3.63) is 53.1 Å². The molecule has 0 radical (unpaired) electrons. The Morgan fingerprint density at radius 3 is 2.50 bits per heavy atom. The van der Waals surface area contributed by atoms with Crippen LogP contribution in [-0.2, 0) is 26.2 Å². The molecule has 1 amide bonds. The van der Waals surface area contributed by atoms with Gasteiger partial charge in [0.25, 0.3) is 5.91 Å². The van der Waals surface area contributed by atoms with Crippen molar-refractivity contribution in [3.8, 4) is 17.2 Å². The summed E-state index contributed by atoms with van der Waals surface area (Å²) in [5.41, 5.74) is -2.18. The van der Waals surface area contributed by atoms with Gasteiger partial charge in [-0.1, -0.05) is 12.1 Å². The lowest BCUT2D eigenvalue weighted by atomic mass is 9.60. The highest BCUT2D eigenvalue weighted by molar-refractivity contribution is 6.04. The number of carbonyl (C=O) groups excluding carboxylic acids is 2. The fourth-order valence-electron chi connectivity index (χ4n) is 5.91. The van der Waals surface area contributed by atoms with Crippen LogP contribution in [0.15, 0.2) is 36.4 Å². The van der Waals surface area contributed by atoms with Crippen LogP contribution in [0.1, 0.15) is 27.9 Å². The molecule has 0 aromatic heterocycles. The lowest BCUT2D eigenvalue weighted by Gasteiger charge is -2.54. The Morgan fingerprint density at radius 1 is 1.15 bits per heavy atom. The van der Waals surface area contributed by atoms with Crippen molar-refractivity contribution >= 4 is 11.9 Å². The predicted molar refractivity (Wildman–Crippen MR) is 113 cm³/mol. The minimum atomic E-state index is -1.87. The van der Waals surface area contributed by atoms with E-state index in [9.17, 15) is 19.8 Å². The summed E-state index contributed by atoms with van der Waals surface area (Å²) in [6.07, 6.45) is -3.68. The maximum absolute atomic E-state index is 14.0. The van der Waals surface area contributed by atoms with Crippen LogP contribution in [0, 0.1) is 0 Å². The summed E-state index contributed by atoms with van der Waals surface area (Å²) >= 11 is 0. The van der Waals surface area contributed by atoms with Crippen LogP contribution in [0.3, 0.4) is 0 Å². The number of methoxy groups -OCH3 is 2. The van der Waals surface area contributed by atoms with Gasteiger partial charge in [-0.25, -0.2) is 0 Å². The fraction of sp³-hybridized carbons (Fsp3) is 0.417. The Morgan fingerprint density at radius 2 is 1.85 bits per heavy atom. The first-order valence-electron chi connectivity index (χ1n) is 10.9. The zero-order valence-electron chi connectivity index (χ0n) is 18.5. The molecule has 4 aliphatic heterocycles. The lowest BCUT2D eigenvalue weighted by molar-refractivity contribution is -0.198. The molecule has 2 aromatic carbocycles. The smallest absolute Gasteiger partial charge is 0.321 e. The van der Waals surface area contributed by atoms with Crippen molar-refractivity contribution in [2.75, 3.05) is 21.0 Å². The molecule has 0 unspecified atom stereocenters. The molecule has 10 heteroatoms. The van der Waals surface area contributed by atoms with Crippen molar-refractivity contribution in [2.45, 2.75) is 42.4 Å². The second-order valence-corrected chi connectivity index (χ2v) is 8.88. The maximum Gasteiger partial charge on any atom is 0.321 e. The highest BCUT2D eigenvalue weighted by atomic mass is 16.7. The molecule has 0 saturated carbocycles. The molecule has 178 valence electrons. The molecule has 4 aliphatic rings. The van der Waals surface area contributed by atoms with E-state index in [-0.39, 0.29) is 25.3 Å². The number of nitrogens with zero attached hydrogens (tertiary/aromatic N) is 1. The highest BCUT2D eigenvalue weighted by Crippen LogP contribution is 2.63. The quantitative estimate of drug-likeness (QED) is 0.623. The number of esters is 1. The van der Waals surface area contributed by atoms with E-state index in [1.54, 1.807) is 43.5 Å². The Labute approximate surface area is 194 Å². The Balaban J connectivity index is 1.59.